The van der Waals surface area contributed by atoms with Crippen LogP contribution >= 0.6 is 0 Å². The minimum atomic E-state index is -4.67. The molecule has 18 heavy (non-hydrogen) atoms. The van der Waals surface area contributed by atoms with E-state index in [4.69, 9.17) is 0 Å². The third kappa shape index (κ3) is 2.47. The number of halogens is 3. The molecule has 0 spiro atoms. The van der Waals surface area contributed by atoms with Crippen LogP contribution in [0.25, 0.3) is 0 Å². The van der Waals surface area contributed by atoms with Crippen LogP contribution in [0.5, 0.6) is 0 Å². The lowest BCUT2D eigenvalue weighted by Gasteiger charge is -2.29. The minimum Gasteiger partial charge on any atom is -0.379 e. The first-order chi connectivity index (χ1) is 8.33. The first-order valence-corrected chi connectivity index (χ1v) is 6.12. The van der Waals surface area contributed by atoms with Crippen LogP contribution in [0.3, 0.4) is 0 Å². The zero-order valence-electron chi connectivity index (χ0n) is 9.96. The Bertz CT molecular complexity index is 329. The number of aliphatic hydroxyl groups is 1. The Labute approximate surface area is 103 Å². The van der Waals surface area contributed by atoms with E-state index in [1.165, 1.54) is 0 Å². The first kappa shape index (κ1) is 13.6. The van der Waals surface area contributed by atoms with Crippen molar-refractivity contribution in [2.24, 2.45) is 5.92 Å². The Balaban J connectivity index is 1.98. The van der Waals surface area contributed by atoms with Gasteiger partial charge in [-0.2, -0.15) is 13.2 Å². The smallest absolute Gasteiger partial charge is 0.379 e. The van der Waals surface area contributed by atoms with Crippen molar-refractivity contribution in [1.29, 1.82) is 0 Å². The summed E-state index contributed by atoms with van der Waals surface area (Å²) in [4.78, 5) is 13.2. The molecule has 0 saturated carbocycles. The van der Waals surface area contributed by atoms with Crippen molar-refractivity contribution >= 4 is 5.91 Å². The van der Waals surface area contributed by atoms with Gasteiger partial charge in [-0.05, 0) is 19.4 Å². The largest absolute Gasteiger partial charge is 0.419 e. The predicted molar refractivity (Wildman–Crippen MR) is 57.8 cm³/mol. The summed E-state index contributed by atoms with van der Waals surface area (Å²) < 4.78 is 37.9. The third-order valence-corrected chi connectivity index (χ3v) is 3.73. The van der Waals surface area contributed by atoms with Crippen LogP contribution in [0, 0.1) is 5.92 Å². The second kappa shape index (κ2) is 4.70. The number of hydrogen-bond acceptors (Lipinski definition) is 3. The van der Waals surface area contributed by atoms with Gasteiger partial charge < -0.3 is 15.3 Å². The van der Waals surface area contributed by atoms with E-state index in [9.17, 15) is 23.1 Å². The number of nitrogens with one attached hydrogen (secondary N) is 1. The van der Waals surface area contributed by atoms with E-state index >= 15 is 0 Å². The number of likely N-dealkylation sites (tertiary alicyclic amines) is 1. The highest BCUT2D eigenvalue weighted by atomic mass is 19.4. The lowest BCUT2D eigenvalue weighted by atomic mass is 9.98. The normalized spacial score (nSPS) is 33.8. The van der Waals surface area contributed by atoms with Gasteiger partial charge in [-0.15, -0.1) is 0 Å². The fourth-order valence-corrected chi connectivity index (χ4v) is 2.53. The number of carbonyl (C=O) groups is 1. The Morgan fingerprint density at radius 3 is 2.67 bits per heavy atom. The maximum absolute atomic E-state index is 12.6. The van der Waals surface area contributed by atoms with Crippen molar-refractivity contribution in [2.75, 3.05) is 26.2 Å². The van der Waals surface area contributed by atoms with Gasteiger partial charge in [-0.25, -0.2) is 0 Å². The fraction of sp³-hybridized carbons (Fsp3) is 0.909. The summed E-state index contributed by atoms with van der Waals surface area (Å²) >= 11 is 0. The molecule has 2 fully saturated rings. The fourth-order valence-electron chi connectivity index (χ4n) is 2.53. The van der Waals surface area contributed by atoms with Crippen LogP contribution in [0.15, 0.2) is 0 Å². The molecule has 2 atom stereocenters. The standard InChI is InChI=1S/C11H17F3N2O2/c12-11(13,14)10(18)3-5-16(7-10)9(17)8-2-1-4-15-6-8/h8,15,18H,1-7H2/t8-,10?/m1/s1. The molecule has 7 heteroatoms. The minimum absolute atomic E-state index is 0.0225. The highest BCUT2D eigenvalue weighted by Gasteiger charge is 2.58. The monoisotopic (exact) mass is 266 g/mol. The number of hydrogen-bond donors (Lipinski definition) is 2. The lowest BCUT2D eigenvalue weighted by molar-refractivity contribution is -0.253. The van der Waals surface area contributed by atoms with Crippen LogP contribution in [0.2, 0.25) is 0 Å². The van der Waals surface area contributed by atoms with Gasteiger partial charge in [0.2, 0.25) is 5.91 Å². The number of rotatable bonds is 1. The summed E-state index contributed by atoms with van der Waals surface area (Å²) in [6, 6.07) is 0. The number of amides is 1. The number of alkyl halides is 3. The Kier molecular flexibility index (Phi) is 3.55. The first-order valence-electron chi connectivity index (χ1n) is 6.12. The highest BCUT2D eigenvalue weighted by molar-refractivity contribution is 5.79. The van der Waals surface area contributed by atoms with Crippen LogP contribution in [0.4, 0.5) is 13.2 Å². The molecule has 2 heterocycles. The maximum Gasteiger partial charge on any atom is 0.419 e. The average Bonchev–Trinajstić information content (AvgIpc) is 2.73. The number of β-amino-alcohol motifs (C(OH)–C–C–N with tert-alkyl or cyclic N) is 1. The summed E-state index contributed by atoms with van der Waals surface area (Å²) in [6.07, 6.45) is -3.55. The van der Waals surface area contributed by atoms with Crippen molar-refractivity contribution in [3.63, 3.8) is 0 Å². The van der Waals surface area contributed by atoms with Gasteiger partial charge in [-0.3, -0.25) is 4.79 Å². The molecule has 104 valence electrons. The van der Waals surface area contributed by atoms with E-state index in [1.807, 2.05) is 0 Å². The summed E-state index contributed by atoms with van der Waals surface area (Å²) in [5.41, 5.74) is -2.73. The van der Waals surface area contributed by atoms with Gasteiger partial charge in [0.15, 0.2) is 5.60 Å². The van der Waals surface area contributed by atoms with Crippen molar-refractivity contribution in [2.45, 2.75) is 31.0 Å². The molecule has 0 aromatic rings. The number of carbonyl (C=O) groups excluding carboxylic acids is 1. The molecule has 2 N–H and O–H groups in total. The topological polar surface area (TPSA) is 52.6 Å². The lowest BCUT2D eigenvalue weighted by Crippen LogP contribution is -2.49. The van der Waals surface area contributed by atoms with Crippen LogP contribution in [-0.2, 0) is 4.79 Å². The van der Waals surface area contributed by atoms with E-state index in [0.717, 1.165) is 17.9 Å². The second-order valence-electron chi connectivity index (χ2n) is 5.08. The molecule has 0 aromatic heterocycles. The molecule has 2 aliphatic rings. The summed E-state index contributed by atoms with van der Waals surface area (Å²) in [7, 11) is 0. The number of piperidine rings is 1. The maximum atomic E-state index is 12.6. The Morgan fingerprint density at radius 2 is 2.17 bits per heavy atom. The van der Waals surface area contributed by atoms with E-state index in [1.54, 1.807) is 0 Å². The van der Waals surface area contributed by atoms with Crippen molar-refractivity contribution in [3.8, 4) is 0 Å². The highest BCUT2D eigenvalue weighted by Crippen LogP contribution is 2.38. The zero-order valence-corrected chi connectivity index (χ0v) is 9.96. The van der Waals surface area contributed by atoms with Crippen molar-refractivity contribution in [3.05, 3.63) is 0 Å². The van der Waals surface area contributed by atoms with Crippen LogP contribution in [-0.4, -0.2) is 53.9 Å². The van der Waals surface area contributed by atoms with Gasteiger partial charge in [0.05, 0.1) is 12.5 Å². The zero-order chi connectivity index (χ0) is 13.4. The molecule has 2 saturated heterocycles. The SMILES string of the molecule is O=C([C@@H]1CCCNC1)N1CCC(O)(C(F)(F)F)C1. The van der Waals surface area contributed by atoms with Crippen LogP contribution in [0.1, 0.15) is 19.3 Å². The van der Waals surface area contributed by atoms with Gasteiger partial charge in [-0.1, -0.05) is 0 Å². The molecule has 4 nitrogen and oxygen atoms in total. The summed E-state index contributed by atoms with van der Waals surface area (Å²) in [5.74, 6) is -0.531. The van der Waals surface area contributed by atoms with Gasteiger partial charge in [0, 0.05) is 19.5 Å². The van der Waals surface area contributed by atoms with Gasteiger partial charge in [0.1, 0.15) is 0 Å². The molecule has 0 radical (unpaired) electrons. The quantitative estimate of drug-likeness (QED) is 0.727. The molecular formula is C11H17F3N2O2. The molecule has 2 rings (SSSR count). The molecule has 0 aliphatic carbocycles. The van der Waals surface area contributed by atoms with E-state index in [2.05, 4.69) is 5.32 Å². The molecule has 0 bridgehead atoms. The summed E-state index contributed by atoms with van der Waals surface area (Å²) in [6.45, 7) is 0.702. The molecular weight excluding hydrogens is 249 g/mol. The molecule has 1 amide bonds. The predicted octanol–water partition coefficient (Wildman–Crippen LogP) is 0.512. The second-order valence-corrected chi connectivity index (χ2v) is 5.08. The van der Waals surface area contributed by atoms with Crippen molar-refractivity contribution in [1.82, 2.24) is 10.2 Å². The van der Waals surface area contributed by atoms with Crippen LogP contribution < -0.4 is 5.32 Å². The summed E-state index contributed by atoms with van der Waals surface area (Å²) in [5, 5.41) is 12.6. The van der Waals surface area contributed by atoms with Gasteiger partial charge in [0.25, 0.3) is 0 Å². The average molecular weight is 266 g/mol. The third-order valence-electron chi connectivity index (χ3n) is 3.73. The van der Waals surface area contributed by atoms with E-state index < -0.39 is 24.7 Å². The number of nitrogens with zero attached hydrogens (tertiary/aromatic N) is 1. The van der Waals surface area contributed by atoms with Crippen molar-refractivity contribution < 1.29 is 23.1 Å². The van der Waals surface area contributed by atoms with E-state index in [0.29, 0.717) is 13.0 Å². The van der Waals surface area contributed by atoms with E-state index in [-0.39, 0.29) is 18.4 Å². The molecule has 1 unspecified atom stereocenters. The van der Waals surface area contributed by atoms with Gasteiger partial charge >= 0.3 is 6.18 Å². The molecule has 2 aliphatic heterocycles. The molecule has 0 aromatic carbocycles. The Hall–Kier alpha value is -0.820. The Morgan fingerprint density at radius 1 is 1.44 bits per heavy atom.